The molecule has 0 bridgehead atoms. The van der Waals surface area contributed by atoms with Crippen LogP contribution in [0.2, 0.25) is 0 Å². The number of ether oxygens (including phenoxy) is 1. The zero-order valence-corrected chi connectivity index (χ0v) is 11.1. The molecule has 1 aliphatic carbocycles. The Bertz CT molecular complexity index is 170. The Hall–Kier alpha value is -0.0800. The number of hydrogen-bond donors (Lipinski definition) is 1. The minimum atomic E-state index is -0.158. The fourth-order valence-electron chi connectivity index (χ4n) is 2.80. The molecule has 0 aliphatic heterocycles. The molecule has 3 atom stereocenters. The van der Waals surface area contributed by atoms with Crippen LogP contribution in [0.5, 0.6) is 0 Å². The molecule has 0 aromatic heterocycles. The predicted molar refractivity (Wildman–Crippen MR) is 67.5 cm³/mol. The topological polar surface area (TPSA) is 29.5 Å². The van der Waals surface area contributed by atoms with Crippen LogP contribution >= 0.6 is 0 Å². The average molecular weight is 228 g/mol. The molecule has 16 heavy (non-hydrogen) atoms. The van der Waals surface area contributed by atoms with Crippen molar-refractivity contribution in [2.75, 3.05) is 6.61 Å². The molecule has 0 heterocycles. The SMILES string of the molecule is CC(O)CCCCOC1CC(C)CC(C)C1. The predicted octanol–water partition coefficient (Wildman–Crippen LogP) is 3.38. The number of aliphatic hydroxyl groups excluding tert-OH is 1. The summed E-state index contributed by atoms with van der Waals surface area (Å²) in [5, 5.41) is 9.13. The van der Waals surface area contributed by atoms with Gasteiger partial charge < -0.3 is 9.84 Å². The zero-order valence-electron chi connectivity index (χ0n) is 11.1. The van der Waals surface area contributed by atoms with E-state index in [-0.39, 0.29) is 6.10 Å². The van der Waals surface area contributed by atoms with Crippen LogP contribution in [0.4, 0.5) is 0 Å². The smallest absolute Gasteiger partial charge is 0.0580 e. The molecule has 1 saturated carbocycles. The van der Waals surface area contributed by atoms with Crippen molar-refractivity contribution < 1.29 is 9.84 Å². The van der Waals surface area contributed by atoms with Crippen LogP contribution in [0.25, 0.3) is 0 Å². The van der Waals surface area contributed by atoms with Gasteiger partial charge >= 0.3 is 0 Å². The summed E-state index contributed by atoms with van der Waals surface area (Å²) in [6, 6.07) is 0. The second kappa shape index (κ2) is 7.29. The molecule has 3 unspecified atom stereocenters. The molecule has 2 nitrogen and oxygen atoms in total. The maximum absolute atomic E-state index is 9.13. The van der Waals surface area contributed by atoms with E-state index in [0.29, 0.717) is 6.10 Å². The van der Waals surface area contributed by atoms with Crippen molar-refractivity contribution in [1.29, 1.82) is 0 Å². The first-order chi connectivity index (χ1) is 7.58. The monoisotopic (exact) mass is 228 g/mol. The highest BCUT2D eigenvalue weighted by Gasteiger charge is 2.23. The van der Waals surface area contributed by atoms with E-state index in [9.17, 15) is 0 Å². The van der Waals surface area contributed by atoms with Gasteiger partial charge in [-0.25, -0.2) is 0 Å². The van der Waals surface area contributed by atoms with Crippen molar-refractivity contribution in [3.63, 3.8) is 0 Å². The first-order valence-corrected chi connectivity index (χ1v) is 6.87. The summed E-state index contributed by atoms with van der Waals surface area (Å²) in [6.07, 6.45) is 7.24. The second-order valence-electron chi connectivity index (χ2n) is 5.76. The number of hydrogen-bond acceptors (Lipinski definition) is 2. The summed E-state index contributed by atoms with van der Waals surface area (Å²) in [6.45, 7) is 7.39. The fourth-order valence-corrected chi connectivity index (χ4v) is 2.80. The van der Waals surface area contributed by atoms with E-state index < -0.39 is 0 Å². The largest absolute Gasteiger partial charge is 0.393 e. The third-order valence-electron chi connectivity index (χ3n) is 3.51. The standard InChI is InChI=1S/C14H28O2/c1-11-8-12(2)10-14(9-11)16-7-5-4-6-13(3)15/h11-15H,4-10H2,1-3H3. The Kier molecular flexibility index (Phi) is 6.37. The molecule has 0 radical (unpaired) electrons. The van der Waals surface area contributed by atoms with Gasteiger partial charge in [0.1, 0.15) is 0 Å². The van der Waals surface area contributed by atoms with Gasteiger partial charge in [0.05, 0.1) is 12.2 Å². The van der Waals surface area contributed by atoms with Gasteiger partial charge in [-0.3, -0.25) is 0 Å². The summed E-state index contributed by atoms with van der Waals surface area (Å²) >= 11 is 0. The fraction of sp³-hybridized carbons (Fsp3) is 1.00. The molecule has 0 aromatic rings. The van der Waals surface area contributed by atoms with E-state index in [1.807, 2.05) is 6.92 Å². The van der Waals surface area contributed by atoms with Crippen molar-refractivity contribution in [3.05, 3.63) is 0 Å². The number of unbranched alkanes of at least 4 members (excludes halogenated alkanes) is 1. The van der Waals surface area contributed by atoms with Crippen LogP contribution in [0.3, 0.4) is 0 Å². The van der Waals surface area contributed by atoms with Gasteiger partial charge in [0.25, 0.3) is 0 Å². The highest BCUT2D eigenvalue weighted by molar-refractivity contribution is 4.75. The van der Waals surface area contributed by atoms with Gasteiger partial charge in [-0.2, -0.15) is 0 Å². The van der Waals surface area contributed by atoms with Gasteiger partial charge in [0, 0.05) is 6.61 Å². The van der Waals surface area contributed by atoms with E-state index in [1.54, 1.807) is 0 Å². The van der Waals surface area contributed by atoms with Crippen LogP contribution in [-0.2, 0) is 4.74 Å². The van der Waals surface area contributed by atoms with Gasteiger partial charge in [-0.15, -0.1) is 0 Å². The van der Waals surface area contributed by atoms with Gasteiger partial charge in [0.15, 0.2) is 0 Å². The molecular weight excluding hydrogens is 200 g/mol. The minimum Gasteiger partial charge on any atom is -0.393 e. The van der Waals surface area contributed by atoms with Gasteiger partial charge in [0.2, 0.25) is 0 Å². The van der Waals surface area contributed by atoms with E-state index in [1.165, 1.54) is 19.3 Å². The van der Waals surface area contributed by atoms with Crippen LogP contribution < -0.4 is 0 Å². The molecule has 1 fully saturated rings. The molecule has 2 heteroatoms. The highest BCUT2D eigenvalue weighted by Crippen LogP contribution is 2.30. The van der Waals surface area contributed by atoms with Gasteiger partial charge in [-0.05, 0) is 57.3 Å². The third-order valence-corrected chi connectivity index (χ3v) is 3.51. The Morgan fingerprint density at radius 3 is 2.31 bits per heavy atom. The lowest BCUT2D eigenvalue weighted by atomic mass is 9.82. The van der Waals surface area contributed by atoms with Crippen molar-refractivity contribution in [2.24, 2.45) is 11.8 Å². The lowest BCUT2D eigenvalue weighted by Gasteiger charge is -2.31. The van der Waals surface area contributed by atoms with E-state index >= 15 is 0 Å². The summed E-state index contributed by atoms with van der Waals surface area (Å²) < 4.78 is 5.92. The van der Waals surface area contributed by atoms with Crippen molar-refractivity contribution in [2.45, 2.75) is 71.5 Å². The van der Waals surface area contributed by atoms with Crippen molar-refractivity contribution in [1.82, 2.24) is 0 Å². The quantitative estimate of drug-likeness (QED) is 0.706. The van der Waals surface area contributed by atoms with Gasteiger partial charge in [-0.1, -0.05) is 13.8 Å². The lowest BCUT2D eigenvalue weighted by Crippen LogP contribution is -2.26. The van der Waals surface area contributed by atoms with E-state index in [2.05, 4.69) is 13.8 Å². The van der Waals surface area contributed by atoms with E-state index in [4.69, 9.17) is 9.84 Å². The highest BCUT2D eigenvalue weighted by atomic mass is 16.5. The minimum absolute atomic E-state index is 0.158. The summed E-state index contributed by atoms with van der Waals surface area (Å²) in [7, 11) is 0. The Morgan fingerprint density at radius 1 is 1.12 bits per heavy atom. The number of aliphatic hydroxyl groups is 1. The van der Waals surface area contributed by atoms with E-state index in [0.717, 1.165) is 37.7 Å². The Morgan fingerprint density at radius 2 is 1.75 bits per heavy atom. The second-order valence-corrected chi connectivity index (χ2v) is 5.76. The average Bonchev–Trinajstić information content (AvgIpc) is 2.15. The van der Waals surface area contributed by atoms with Crippen LogP contribution in [0, 0.1) is 11.8 Å². The van der Waals surface area contributed by atoms with Crippen LogP contribution in [0.1, 0.15) is 59.3 Å². The van der Waals surface area contributed by atoms with Crippen LogP contribution in [0.15, 0.2) is 0 Å². The molecule has 0 aromatic carbocycles. The summed E-state index contributed by atoms with van der Waals surface area (Å²) in [4.78, 5) is 0. The molecule has 0 spiro atoms. The molecule has 96 valence electrons. The molecule has 1 aliphatic rings. The summed E-state index contributed by atoms with van der Waals surface area (Å²) in [5.41, 5.74) is 0. The zero-order chi connectivity index (χ0) is 12.0. The Balaban J connectivity index is 2.04. The number of rotatable bonds is 6. The summed E-state index contributed by atoms with van der Waals surface area (Å²) in [5.74, 6) is 1.65. The normalized spacial score (nSPS) is 32.6. The molecule has 0 saturated heterocycles. The molecule has 0 amide bonds. The maximum Gasteiger partial charge on any atom is 0.0580 e. The Labute approximate surface area is 100 Å². The first kappa shape index (κ1) is 14.0. The molecule has 1 rings (SSSR count). The lowest BCUT2D eigenvalue weighted by molar-refractivity contribution is -0.00129. The third kappa shape index (κ3) is 5.86. The van der Waals surface area contributed by atoms with Crippen molar-refractivity contribution >= 4 is 0 Å². The molecule has 1 N–H and O–H groups in total. The molecular formula is C14H28O2. The van der Waals surface area contributed by atoms with Crippen LogP contribution in [-0.4, -0.2) is 23.9 Å². The van der Waals surface area contributed by atoms with Crippen molar-refractivity contribution in [3.8, 4) is 0 Å². The maximum atomic E-state index is 9.13. The first-order valence-electron chi connectivity index (χ1n) is 6.87.